The Balaban J connectivity index is 1.79. The minimum Gasteiger partial charge on any atom is -0.464 e. The summed E-state index contributed by atoms with van der Waals surface area (Å²) in [4.78, 5) is 0. The topological polar surface area (TPSA) is 34.4 Å². The molecule has 1 saturated carbocycles. The summed E-state index contributed by atoms with van der Waals surface area (Å²) in [5, 5.41) is 3.39. The quantitative estimate of drug-likeness (QED) is 0.740. The Morgan fingerprint density at radius 1 is 1.47 bits per heavy atom. The van der Waals surface area contributed by atoms with Gasteiger partial charge in [0.25, 0.3) is 0 Å². The molecule has 17 heavy (non-hydrogen) atoms. The molecule has 0 bridgehead atoms. The summed E-state index contributed by atoms with van der Waals surface area (Å²) in [6, 6.07) is 2.12. The van der Waals surface area contributed by atoms with E-state index in [0.29, 0.717) is 12.7 Å². The van der Waals surface area contributed by atoms with Gasteiger partial charge in [0, 0.05) is 12.1 Å². The molecule has 0 amide bonds. The van der Waals surface area contributed by atoms with Crippen molar-refractivity contribution in [2.24, 2.45) is 0 Å². The van der Waals surface area contributed by atoms with E-state index in [1.54, 1.807) is 0 Å². The number of ether oxygens (including phenoxy) is 1. The lowest BCUT2D eigenvalue weighted by molar-refractivity contribution is -0.0159. The molecule has 1 aliphatic carbocycles. The van der Waals surface area contributed by atoms with Gasteiger partial charge in [0.1, 0.15) is 18.1 Å². The summed E-state index contributed by atoms with van der Waals surface area (Å²) >= 11 is 0. The standard InChI is InChI=1S/C14H23NO2/c1-3-7-15-9-12-8-14(17-11(12)2)10-16-13-5-4-6-13/h8,13,15H,3-7,9-10H2,1-2H3. The summed E-state index contributed by atoms with van der Waals surface area (Å²) in [5.74, 6) is 1.98. The van der Waals surface area contributed by atoms with Crippen LogP contribution in [0.4, 0.5) is 0 Å². The third-order valence-electron chi connectivity index (χ3n) is 3.33. The summed E-state index contributed by atoms with van der Waals surface area (Å²) in [7, 11) is 0. The molecule has 96 valence electrons. The molecule has 1 N–H and O–H groups in total. The molecule has 0 spiro atoms. The van der Waals surface area contributed by atoms with Gasteiger partial charge in [0.15, 0.2) is 0 Å². The van der Waals surface area contributed by atoms with Gasteiger partial charge in [-0.1, -0.05) is 6.92 Å². The van der Waals surface area contributed by atoms with Crippen LogP contribution in [0.1, 0.15) is 49.7 Å². The van der Waals surface area contributed by atoms with Crippen LogP contribution in [-0.2, 0) is 17.9 Å². The van der Waals surface area contributed by atoms with Gasteiger partial charge in [-0.15, -0.1) is 0 Å². The zero-order valence-corrected chi connectivity index (χ0v) is 10.9. The third-order valence-corrected chi connectivity index (χ3v) is 3.33. The minimum atomic E-state index is 0.474. The highest BCUT2D eigenvalue weighted by Gasteiger charge is 2.18. The molecule has 1 fully saturated rings. The highest BCUT2D eigenvalue weighted by atomic mass is 16.5. The van der Waals surface area contributed by atoms with Crippen LogP contribution in [0, 0.1) is 6.92 Å². The van der Waals surface area contributed by atoms with Crippen molar-refractivity contribution in [3.8, 4) is 0 Å². The molecule has 1 heterocycles. The number of hydrogen-bond donors (Lipinski definition) is 1. The van der Waals surface area contributed by atoms with E-state index in [-0.39, 0.29) is 0 Å². The van der Waals surface area contributed by atoms with Crippen molar-refractivity contribution in [3.63, 3.8) is 0 Å². The van der Waals surface area contributed by atoms with E-state index in [2.05, 4.69) is 18.3 Å². The predicted octanol–water partition coefficient (Wildman–Crippen LogP) is 3.16. The molecule has 0 aliphatic heterocycles. The largest absolute Gasteiger partial charge is 0.464 e. The minimum absolute atomic E-state index is 0.474. The van der Waals surface area contributed by atoms with Crippen LogP contribution >= 0.6 is 0 Å². The Kier molecular flexibility index (Phi) is 4.63. The molecule has 0 atom stereocenters. The first-order chi connectivity index (χ1) is 8.29. The summed E-state index contributed by atoms with van der Waals surface area (Å²) in [6.07, 6.45) is 5.37. The first kappa shape index (κ1) is 12.7. The maximum absolute atomic E-state index is 5.74. The zero-order chi connectivity index (χ0) is 12.1. The molecule has 1 aromatic rings. The number of hydrogen-bond acceptors (Lipinski definition) is 3. The van der Waals surface area contributed by atoms with Gasteiger partial charge >= 0.3 is 0 Å². The molecule has 0 aromatic carbocycles. The summed E-state index contributed by atoms with van der Waals surface area (Å²) < 4.78 is 11.4. The van der Waals surface area contributed by atoms with Crippen LogP contribution in [0.15, 0.2) is 10.5 Å². The van der Waals surface area contributed by atoms with E-state index in [4.69, 9.17) is 9.15 Å². The Morgan fingerprint density at radius 3 is 2.94 bits per heavy atom. The number of rotatable bonds is 7. The molecule has 0 unspecified atom stereocenters. The van der Waals surface area contributed by atoms with Crippen LogP contribution in [-0.4, -0.2) is 12.6 Å². The fourth-order valence-electron chi connectivity index (χ4n) is 1.97. The highest BCUT2D eigenvalue weighted by Crippen LogP contribution is 2.24. The van der Waals surface area contributed by atoms with Crippen LogP contribution in [0.2, 0.25) is 0 Å². The molecule has 3 nitrogen and oxygen atoms in total. The smallest absolute Gasteiger partial charge is 0.130 e. The van der Waals surface area contributed by atoms with E-state index >= 15 is 0 Å². The normalized spacial score (nSPS) is 16.1. The average molecular weight is 237 g/mol. The van der Waals surface area contributed by atoms with Gasteiger partial charge in [-0.05, 0) is 45.2 Å². The molecule has 1 aliphatic rings. The molecular weight excluding hydrogens is 214 g/mol. The monoisotopic (exact) mass is 237 g/mol. The van der Waals surface area contributed by atoms with E-state index in [9.17, 15) is 0 Å². The Labute approximate surface area is 104 Å². The highest BCUT2D eigenvalue weighted by molar-refractivity contribution is 5.20. The summed E-state index contributed by atoms with van der Waals surface area (Å²) in [5.41, 5.74) is 1.26. The van der Waals surface area contributed by atoms with Crippen molar-refractivity contribution in [2.75, 3.05) is 6.54 Å². The maximum atomic E-state index is 5.74. The first-order valence-corrected chi connectivity index (χ1v) is 6.70. The zero-order valence-electron chi connectivity index (χ0n) is 10.9. The van der Waals surface area contributed by atoms with Gasteiger partial charge in [0.05, 0.1) is 6.10 Å². The van der Waals surface area contributed by atoms with Gasteiger partial charge < -0.3 is 14.5 Å². The van der Waals surface area contributed by atoms with Crippen molar-refractivity contribution in [1.82, 2.24) is 5.32 Å². The molecule has 0 saturated heterocycles. The van der Waals surface area contributed by atoms with Crippen LogP contribution in [0.3, 0.4) is 0 Å². The fraction of sp³-hybridized carbons (Fsp3) is 0.714. The van der Waals surface area contributed by atoms with Crippen molar-refractivity contribution < 1.29 is 9.15 Å². The van der Waals surface area contributed by atoms with E-state index in [1.165, 1.54) is 24.8 Å². The fourth-order valence-corrected chi connectivity index (χ4v) is 1.97. The van der Waals surface area contributed by atoms with Crippen LogP contribution in [0.25, 0.3) is 0 Å². The van der Waals surface area contributed by atoms with Crippen molar-refractivity contribution in [2.45, 2.75) is 58.8 Å². The third kappa shape index (κ3) is 3.58. The van der Waals surface area contributed by atoms with E-state index in [1.807, 2.05) is 6.92 Å². The second-order valence-electron chi connectivity index (χ2n) is 4.83. The molecule has 0 radical (unpaired) electrons. The molecule has 1 aromatic heterocycles. The number of furan rings is 1. The maximum Gasteiger partial charge on any atom is 0.130 e. The SMILES string of the molecule is CCCNCc1cc(COC2CCC2)oc1C. The molecule has 3 heteroatoms. The van der Waals surface area contributed by atoms with Gasteiger partial charge in [0.2, 0.25) is 0 Å². The van der Waals surface area contributed by atoms with E-state index < -0.39 is 0 Å². The van der Waals surface area contributed by atoms with Crippen LogP contribution in [0.5, 0.6) is 0 Å². The molecular formula is C14H23NO2. The lowest BCUT2D eigenvalue weighted by Crippen LogP contribution is -2.21. The average Bonchev–Trinajstić information content (AvgIpc) is 2.58. The number of nitrogens with one attached hydrogen (secondary N) is 1. The second-order valence-corrected chi connectivity index (χ2v) is 4.83. The van der Waals surface area contributed by atoms with Gasteiger partial charge in [-0.25, -0.2) is 0 Å². The van der Waals surface area contributed by atoms with Crippen molar-refractivity contribution in [3.05, 3.63) is 23.2 Å². The Morgan fingerprint density at radius 2 is 2.29 bits per heavy atom. The Hall–Kier alpha value is -0.800. The van der Waals surface area contributed by atoms with Crippen molar-refractivity contribution in [1.29, 1.82) is 0 Å². The lowest BCUT2D eigenvalue weighted by Gasteiger charge is -2.24. The first-order valence-electron chi connectivity index (χ1n) is 6.70. The Bertz CT molecular complexity index is 342. The second kappa shape index (κ2) is 6.22. The molecule has 2 rings (SSSR count). The van der Waals surface area contributed by atoms with Gasteiger partial charge in [-0.3, -0.25) is 0 Å². The van der Waals surface area contributed by atoms with Crippen molar-refractivity contribution >= 4 is 0 Å². The van der Waals surface area contributed by atoms with Crippen LogP contribution < -0.4 is 5.32 Å². The van der Waals surface area contributed by atoms with E-state index in [0.717, 1.165) is 31.0 Å². The predicted molar refractivity (Wildman–Crippen MR) is 67.9 cm³/mol. The number of aryl methyl sites for hydroxylation is 1. The van der Waals surface area contributed by atoms with Gasteiger partial charge in [-0.2, -0.15) is 0 Å². The lowest BCUT2D eigenvalue weighted by atomic mass is 9.96. The summed E-state index contributed by atoms with van der Waals surface area (Å²) in [6.45, 7) is 6.77.